The molecule has 2 rings (SSSR count). The van der Waals surface area contributed by atoms with Gasteiger partial charge >= 0.3 is 0 Å². The molecule has 1 unspecified atom stereocenters. The van der Waals surface area contributed by atoms with E-state index in [4.69, 9.17) is 10.8 Å². The Labute approximate surface area is 108 Å². The number of rotatable bonds is 4. The highest BCUT2D eigenvalue weighted by Crippen LogP contribution is 2.38. The maximum atomic E-state index is 13.8. The molecule has 0 aromatic heterocycles. The maximum absolute atomic E-state index is 13.8. The highest BCUT2D eigenvalue weighted by atomic mass is 19.1. The van der Waals surface area contributed by atoms with Gasteiger partial charge in [0, 0.05) is 12.5 Å². The summed E-state index contributed by atoms with van der Waals surface area (Å²) >= 11 is 0. The zero-order valence-electron chi connectivity index (χ0n) is 10.7. The van der Waals surface area contributed by atoms with E-state index in [2.05, 4.69) is 0 Å². The summed E-state index contributed by atoms with van der Waals surface area (Å²) in [4.78, 5) is 0. The van der Waals surface area contributed by atoms with Crippen LogP contribution in [0.1, 0.15) is 37.2 Å². The van der Waals surface area contributed by atoms with Crippen molar-refractivity contribution in [2.75, 3.05) is 13.2 Å². The van der Waals surface area contributed by atoms with Gasteiger partial charge in [-0.1, -0.05) is 18.2 Å². The molecule has 100 valence electrons. The summed E-state index contributed by atoms with van der Waals surface area (Å²) in [6.07, 6.45) is 4.15. The fraction of sp³-hybridized carbons (Fsp3) is 0.600. The number of aliphatic hydroxyl groups excluding tert-OH is 1. The quantitative estimate of drug-likeness (QED) is 0.864. The largest absolute Gasteiger partial charge is 0.396 e. The predicted molar refractivity (Wildman–Crippen MR) is 70.7 cm³/mol. The van der Waals surface area contributed by atoms with Gasteiger partial charge in [0.05, 0.1) is 0 Å². The summed E-state index contributed by atoms with van der Waals surface area (Å²) in [5.41, 5.74) is 6.61. The molecule has 3 heteroatoms. The predicted octanol–water partition coefficient (Wildman–Crippen LogP) is 2.67. The lowest BCUT2D eigenvalue weighted by molar-refractivity contribution is 0.157. The number of nitrogens with two attached hydrogens (primary N) is 1. The molecule has 0 amide bonds. The molecule has 0 heterocycles. The summed E-state index contributed by atoms with van der Waals surface area (Å²) in [7, 11) is 0. The van der Waals surface area contributed by atoms with Gasteiger partial charge in [-0.3, -0.25) is 0 Å². The lowest BCUT2D eigenvalue weighted by atomic mass is 9.73. The fourth-order valence-electron chi connectivity index (χ4n) is 3.12. The molecule has 1 aliphatic rings. The van der Waals surface area contributed by atoms with Crippen molar-refractivity contribution in [3.63, 3.8) is 0 Å². The van der Waals surface area contributed by atoms with Crippen molar-refractivity contribution < 1.29 is 9.50 Å². The van der Waals surface area contributed by atoms with Crippen LogP contribution in [0, 0.1) is 17.7 Å². The van der Waals surface area contributed by atoms with Gasteiger partial charge in [0.15, 0.2) is 0 Å². The van der Waals surface area contributed by atoms with Crippen molar-refractivity contribution >= 4 is 0 Å². The normalized spacial score (nSPS) is 25.9. The van der Waals surface area contributed by atoms with Gasteiger partial charge in [0.1, 0.15) is 5.82 Å². The number of halogens is 1. The number of benzene rings is 1. The smallest absolute Gasteiger partial charge is 0.126 e. The van der Waals surface area contributed by atoms with E-state index in [1.165, 1.54) is 6.07 Å². The Morgan fingerprint density at radius 1 is 1.22 bits per heavy atom. The molecule has 1 saturated carbocycles. The first kappa shape index (κ1) is 13.5. The molecule has 2 nitrogen and oxygen atoms in total. The van der Waals surface area contributed by atoms with Gasteiger partial charge in [-0.15, -0.1) is 0 Å². The first-order valence-electron chi connectivity index (χ1n) is 6.81. The van der Waals surface area contributed by atoms with Crippen molar-refractivity contribution in [3.8, 4) is 0 Å². The van der Waals surface area contributed by atoms with Crippen LogP contribution in [0.4, 0.5) is 4.39 Å². The van der Waals surface area contributed by atoms with E-state index >= 15 is 0 Å². The third-order valence-corrected chi connectivity index (χ3v) is 4.28. The van der Waals surface area contributed by atoms with Crippen molar-refractivity contribution in [2.24, 2.45) is 17.6 Å². The van der Waals surface area contributed by atoms with Gasteiger partial charge in [-0.25, -0.2) is 4.39 Å². The summed E-state index contributed by atoms with van der Waals surface area (Å²) in [5.74, 6) is 0.859. The second-order valence-corrected chi connectivity index (χ2v) is 5.33. The van der Waals surface area contributed by atoms with Gasteiger partial charge in [-0.05, 0) is 55.7 Å². The topological polar surface area (TPSA) is 46.2 Å². The second kappa shape index (κ2) is 6.30. The molecule has 1 atom stereocenters. The Bertz CT molecular complexity index is 375. The first-order valence-corrected chi connectivity index (χ1v) is 6.81. The number of hydrogen-bond donors (Lipinski definition) is 2. The molecule has 3 N–H and O–H groups in total. The van der Waals surface area contributed by atoms with Crippen LogP contribution in [0.3, 0.4) is 0 Å². The summed E-state index contributed by atoms with van der Waals surface area (Å²) < 4.78 is 13.8. The van der Waals surface area contributed by atoms with Crippen molar-refractivity contribution in [1.29, 1.82) is 0 Å². The van der Waals surface area contributed by atoms with Crippen LogP contribution >= 0.6 is 0 Å². The van der Waals surface area contributed by atoms with E-state index in [-0.39, 0.29) is 18.3 Å². The van der Waals surface area contributed by atoms with E-state index in [0.717, 1.165) is 31.2 Å². The SMILES string of the molecule is NCC(c1ccccc1F)C1CCC(CO)CC1. The minimum atomic E-state index is -0.141. The average molecular weight is 251 g/mol. The molecule has 0 bridgehead atoms. The fourth-order valence-corrected chi connectivity index (χ4v) is 3.12. The molecule has 0 aliphatic heterocycles. The van der Waals surface area contributed by atoms with E-state index in [1.54, 1.807) is 6.07 Å². The van der Waals surface area contributed by atoms with Gasteiger partial charge in [0.25, 0.3) is 0 Å². The Balaban J connectivity index is 2.08. The van der Waals surface area contributed by atoms with Crippen LogP contribution in [-0.2, 0) is 0 Å². The molecular formula is C15H22FNO. The van der Waals surface area contributed by atoms with Crippen molar-refractivity contribution in [3.05, 3.63) is 35.6 Å². The molecular weight excluding hydrogens is 229 g/mol. The third kappa shape index (κ3) is 2.90. The second-order valence-electron chi connectivity index (χ2n) is 5.33. The number of hydrogen-bond acceptors (Lipinski definition) is 2. The first-order chi connectivity index (χ1) is 8.76. The Morgan fingerprint density at radius 3 is 2.44 bits per heavy atom. The van der Waals surface area contributed by atoms with Gasteiger partial charge in [0.2, 0.25) is 0 Å². The molecule has 0 saturated heterocycles. The maximum Gasteiger partial charge on any atom is 0.126 e. The lowest BCUT2D eigenvalue weighted by Crippen LogP contribution is -2.27. The average Bonchev–Trinajstić information content (AvgIpc) is 2.42. The van der Waals surface area contributed by atoms with Gasteiger partial charge < -0.3 is 10.8 Å². The van der Waals surface area contributed by atoms with E-state index in [0.29, 0.717) is 18.4 Å². The monoisotopic (exact) mass is 251 g/mol. The summed E-state index contributed by atoms with van der Waals surface area (Å²) in [6, 6.07) is 6.96. The van der Waals surface area contributed by atoms with E-state index in [9.17, 15) is 4.39 Å². The molecule has 18 heavy (non-hydrogen) atoms. The summed E-state index contributed by atoms with van der Waals surface area (Å²) in [6.45, 7) is 0.773. The molecule has 1 fully saturated rings. The lowest BCUT2D eigenvalue weighted by Gasteiger charge is -2.33. The molecule has 0 radical (unpaired) electrons. The Kier molecular flexibility index (Phi) is 4.72. The standard InChI is InChI=1S/C15H22FNO/c16-15-4-2-1-3-13(15)14(9-17)12-7-5-11(10-18)6-8-12/h1-4,11-12,14,18H,5-10,17H2. The van der Waals surface area contributed by atoms with Crippen LogP contribution in [0.15, 0.2) is 24.3 Å². The van der Waals surface area contributed by atoms with Crippen LogP contribution in [0.5, 0.6) is 0 Å². The minimum absolute atomic E-state index is 0.117. The van der Waals surface area contributed by atoms with E-state index in [1.807, 2.05) is 12.1 Å². The van der Waals surface area contributed by atoms with Crippen LogP contribution < -0.4 is 5.73 Å². The zero-order valence-corrected chi connectivity index (χ0v) is 10.7. The molecule has 0 spiro atoms. The van der Waals surface area contributed by atoms with Crippen LogP contribution in [-0.4, -0.2) is 18.3 Å². The van der Waals surface area contributed by atoms with Crippen molar-refractivity contribution in [2.45, 2.75) is 31.6 Å². The number of aliphatic hydroxyl groups is 1. The molecule has 1 aromatic rings. The highest BCUT2D eigenvalue weighted by Gasteiger charge is 2.28. The third-order valence-electron chi connectivity index (χ3n) is 4.28. The van der Waals surface area contributed by atoms with Crippen LogP contribution in [0.2, 0.25) is 0 Å². The molecule has 1 aromatic carbocycles. The van der Waals surface area contributed by atoms with Crippen LogP contribution in [0.25, 0.3) is 0 Å². The summed E-state index contributed by atoms with van der Waals surface area (Å²) in [5, 5.41) is 9.15. The van der Waals surface area contributed by atoms with Gasteiger partial charge in [-0.2, -0.15) is 0 Å². The van der Waals surface area contributed by atoms with E-state index < -0.39 is 0 Å². The van der Waals surface area contributed by atoms with Crippen molar-refractivity contribution in [1.82, 2.24) is 0 Å². The minimum Gasteiger partial charge on any atom is -0.396 e. The molecule has 1 aliphatic carbocycles. The Hall–Kier alpha value is -0.930. The highest BCUT2D eigenvalue weighted by molar-refractivity contribution is 5.23. The zero-order chi connectivity index (χ0) is 13.0. The Morgan fingerprint density at radius 2 is 1.89 bits per heavy atom.